The minimum Gasteiger partial charge on any atom is -1.00 e. The van der Waals surface area contributed by atoms with E-state index < -0.39 is 0 Å². The summed E-state index contributed by atoms with van der Waals surface area (Å²) in [4.78, 5) is 0. The van der Waals surface area contributed by atoms with Crippen LogP contribution in [0.3, 0.4) is 0 Å². The highest BCUT2D eigenvalue weighted by molar-refractivity contribution is 5.36. The molecule has 0 radical (unpaired) electrons. The molecule has 2 rings (SSSR count). The van der Waals surface area contributed by atoms with Crippen molar-refractivity contribution in [1.29, 1.82) is 5.26 Å². The Morgan fingerprint density at radius 2 is 1.69 bits per heavy atom. The van der Waals surface area contributed by atoms with Crippen LogP contribution >= 0.6 is 0 Å². The smallest absolute Gasteiger partial charge is 0.175 e. The van der Waals surface area contributed by atoms with Gasteiger partial charge in [-0.05, 0) is 6.07 Å². The molecule has 0 N–H and O–H groups in total. The molecule has 0 bridgehead atoms. The number of hydrogen-bond donors (Lipinski definition) is 0. The topological polar surface area (TPSA) is 27.7 Å². The van der Waals surface area contributed by atoms with Crippen LogP contribution in [-0.4, -0.2) is 0 Å². The average molecular weight is 231 g/mol. The second kappa shape index (κ2) is 5.89. The van der Waals surface area contributed by atoms with Crippen molar-refractivity contribution < 1.29 is 17.0 Å². The summed E-state index contributed by atoms with van der Waals surface area (Å²) in [5.74, 6) is 0. The van der Waals surface area contributed by atoms with Crippen molar-refractivity contribution in [1.82, 2.24) is 0 Å². The minimum absolute atomic E-state index is 0. The molecule has 0 fully saturated rings. The molecule has 0 aliphatic heterocycles. The molecule has 0 atom stereocenters. The molecule has 2 nitrogen and oxygen atoms in total. The largest absolute Gasteiger partial charge is 1.00 e. The molecule has 2 aromatic rings. The first-order valence-corrected chi connectivity index (χ1v) is 4.82. The van der Waals surface area contributed by atoms with Crippen molar-refractivity contribution in [2.24, 2.45) is 0 Å². The predicted octanol–water partition coefficient (Wildman–Crippen LogP) is -1.10. The lowest BCUT2D eigenvalue weighted by Gasteiger charge is -1.99. The molecular formula is C13H11ClN2. The van der Waals surface area contributed by atoms with E-state index >= 15 is 0 Å². The maximum absolute atomic E-state index is 8.94. The lowest BCUT2D eigenvalue weighted by molar-refractivity contribution is -0.688. The Morgan fingerprint density at radius 1 is 1.00 bits per heavy atom. The number of nitrogens with zero attached hydrogens (tertiary/aromatic N) is 2. The van der Waals surface area contributed by atoms with Crippen LogP contribution in [0.15, 0.2) is 54.9 Å². The molecule has 0 aliphatic carbocycles. The van der Waals surface area contributed by atoms with Gasteiger partial charge in [0.15, 0.2) is 18.9 Å². The summed E-state index contributed by atoms with van der Waals surface area (Å²) in [5.41, 5.74) is 1.80. The van der Waals surface area contributed by atoms with Crippen molar-refractivity contribution in [3.63, 3.8) is 0 Å². The first-order chi connectivity index (χ1) is 7.40. The summed E-state index contributed by atoms with van der Waals surface area (Å²) in [6, 6.07) is 15.8. The molecule has 1 heterocycles. The molecule has 0 saturated carbocycles. The second-order valence-electron chi connectivity index (χ2n) is 3.32. The van der Waals surface area contributed by atoms with Gasteiger partial charge in [0.25, 0.3) is 0 Å². The zero-order valence-electron chi connectivity index (χ0n) is 8.68. The van der Waals surface area contributed by atoms with E-state index in [1.54, 1.807) is 0 Å². The number of nitriles is 1. The fourth-order valence-corrected chi connectivity index (χ4v) is 1.50. The van der Waals surface area contributed by atoms with E-state index in [-0.39, 0.29) is 12.4 Å². The van der Waals surface area contributed by atoms with Crippen LogP contribution < -0.4 is 17.0 Å². The first-order valence-electron chi connectivity index (χ1n) is 4.82. The summed E-state index contributed by atoms with van der Waals surface area (Å²) in [6.45, 7) is 0.741. The molecule has 1 aromatic carbocycles. The number of aromatic nitrogens is 1. The number of hydrogen-bond acceptors (Lipinski definition) is 1. The molecular weight excluding hydrogens is 220 g/mol. The van der Waals surface area contributed by atoms with E-state index in [1.807, 2.05) is 54.9 Å². The zero-order chi connectivity index (χ0) is 10.5. The minimum atomic E-state index is 0. The van der Waals surface area contributed by atoms with Crippen molar-refractivity contribution >= 4 is 0 Å². The summed E-state index contributed by atoms with van der Waals surface area (Å²) < 4.78 is 2.05. The van der Waals surface area contributed by atoms with Crippen molar-refractivity contribution in [2.75, 3.05) is 0 Å². The van der Waals surface area contributed by atoms with E-state index in [9.17, 15) is 0 Å². The molecule has 0 amide bonds. The molecule has 1 aromatic heterocycles. The lowest BCUT2D eigenvalue weighted by atomic mass is 10.1. The maximum Gasteiger partial charge on any atom is 0.175 e. The summed E-state index contributed by atoms with van der Waals surface area (Å²) in [5, 5.41) is 8.94. The standard InChI is InChI=1S/C13H11N2.ClH/c14-10-12-6-2-3-7-13(12)11-15-8-4-1-5-9-15;/h1-9H,11H2;1H/q+1;/p-1. The van der Waals surface area contributed by atoms with Gasteiger partial charge in [-0.3, -0.25) is 0 Å². The fourth-order valence-electron chi connectivity index (χ4n) is 1.50. The van der Waals surface area contributed by atoms with Crippen molar-refractivity contribution in [3.05, 3.63) is 66.0 Å². The summed E-state index contributed by atoms with van der Waals surface area (Å²) >= 11 is 0. The SMILES string of the molecule is N#Cc1ccccc1C[n+]1ccccc1.[Cl-]. The second-order valence-corrected chi connectivity index (χ2v) is 3.32. The van der Waals surface area contributed by atoms with Crippen molar-refractivity contribution in [2.45, 2.75) is 6.54 Å². The van der Waals surface area contributed by atoms with Crippen LogP contribution in [0.1, 0.15) is 11.1 Å². The molecule has 3 heteroatoms. The fraction of sp³-hybridized carbons (Fsp3) is 0.0769. The quantitative estimate of drug-likeness (QED) is 0.602. The van der Waals surface area contributed by atoms with E-state index in [0.29, 0.717) is 0 Å². The van der Waals surface area contributed by atoms with Gasteiger partial charge in [0.2, 0.25) is 0 Å². The Morgan fingerprint density at radius 3 is 2.38 bits per heavy atom. The van der Waals surface area contributed by atoms with Crippen LogP contribution in [-0.2, 0) is 6.54 Å². The van der Waals surface area contributed by atoms with Gasteiger partial charge in [0.1, 0.15) is 0 Å². The van der Waals surface area contributed by atoms with Crippen molar-refractivity contribution in [3.8, 4) is 6.07 Å². The molecule has 80 valence electrons. The number of benzene rings is 1. The van der Waals surface area contributed by atoms with Crippen LogP contribution in [0, 0.1) is 11.3 Å². The number of rotatable bonds is 2. The first kappa shape index (κ1) is 12.2. The highest BCUT2D eigenvalue weighted by Crippen LogP contribution is 2.06. The van der Waals surface area contributed by atoms with Gasteiger partial charge in [-0.25, -0.2) is 4.57 Å². The third-order valence-corrected chi connectivity index (χ3v) is 2.27. The average Bonchev–Trinajstić information content (AvgIpc) is 2.31. The van der Waals surface area contributed by atoms with Crippen LogP contribution in [0.5, 0.6) is 0 Å². The van der Waals surface area contributed by atoms with Gasteiger partial charge in [0.05, 0.1) is 11.6 Å². The maximum atomic E-state index is 8.94. The van der Waals surface area contributed by atoms with Gasteiger partial charge in [-0.1, -0.05) is 24.3 Å². The Kier molecular flexibility index (Phi) is 4.50. The van der Waals surface area contributed by atoms with Crippen LogP contribution in [0.4, 0.5) is 0 Å². The Balaban J connectivity index is 0.00000128. The van der Waals surface area contributed by atoms with Gasteiger partial charge >= 0.3 is 0 Å². The Hall–Kier alpha value is -1.85. The van der Waals surface area contributed by atoms with Crippen LogP contribution in [0.25, 0.3) is 0 Å². The van der Waals surface area contributed by atoms with Gasteiger partial charge in [-0.15, -0.1) is 0 Å². The third-order valence-electron chi connectivity index (χ3n) is 2.27. The van der Waals surface area contributed by atoms with E-state index in [2.05, 4.69) is 10.6 Å². The third kappa shape index (κ3) is 2.82. The summed E-state index contributed by atoms with van der Waals surface area (Å²) in [7, 11) is 0. The highest BCUT2D eigenvalue weighted by atomic mass is 35.5. The molecule has 0 aliphatic rings. The highest BCUT2D eigenvalue weighted by Gasteiger charge is 2.05. The number of pyridine rings is 1. The Bertz CT molecular complexity index is 489. The van der Waals surface area contributed by atoms with E-state index in [1.165, 1.54) is 0 Å². The molecule has 16 heavy (non-hydrogen) atoms. The molecule has 0 saturated heterocycles. The van der Waals surface area contributed by atoms with Crippen LogP contribution in [0.2, 0.25) is 0 Å². The molecule has 0 unspecified atom stereocenters. The van der Waals surface area contributed by atoms with Gasteiger partial charge in [-0.2, -0.15) is 5.26 Å². The normalized spacial score (nSPS) is 8.94. The number of halogens is 1. The summed E-state index contributed by atoms with van der Waals surface area (Å²) in [6.07, 6.45) is 3.99. The predicted molar refractivity (Wildman–Crippen MR) is 56.9 cm³/mol. The van der Waals surface area contributed by atoms with Gasteiger partial charge in [0, 0.05) is 17.7 Å². The van der Waals surface area contributed by atoms with Gasteiger partial charge < -0.3 is 12.4 Å². The zero-order valence-corrected chi connectivity index (χ0v) is 9.43. The molecule has 0 spiro atoms. The monoisotopic (exact) mass is 230 g/mol. The lowest BCUT2D eigenvalue weighted by Crippen LogP contribution is -3.00. The Labute approximate surface area is 101 Å². The van der Waals surface area contributed by atoms with E-state index in [4.69, 9.17) is 5.26 Å². The van der Waals surface area contributed by atoms with E-state index in [0.717, 1.165) is 17.7 Å².